The maximum absolute atomic E-state index is 14.3. The molecule has 0 rings (SSSR count). The molecule has 0 bridgehead atoms. The van der Waals surface area contributed by atoms with Crippen LogP contribution < -0.4 is 0 Å². The quantitative estimate of drug-likeness (QED) is 0.0316. The zero-order valence-electron chi connectivity index (χ0n) is 55.8. The highest BCUT2D eigenvalue weighted by Crippen LogP contribution is 2.50. The van der Waals surface area contributed by atoms with Gasteiger partial charge >= 0.3 is 7.82 Å². The molecular weight excluding hydrogens is 1010 g/mol. The van der Waals surface area contributed by atoms with Gasteiger partial charge in [-0.3, -0.25) is 13.6 Å². The minimum atomic E-state index is -4.24. The Hall–Kier alpha value is -0.130. The van der Waals surface area contributed by atoms with Crippen molar-refractivity contribution in [2.24, 2.45) is 0 Å². The van der Waals surface area contributed by atoms with E-state index in [1.807, 2.05) is 0 Å². The normalized spacial score (nSPS) is 14.5. The molecule has 0 fully saturated rings. The zero-order chi connectivity index (χ0) is 59.2. The Balaban J connectivity index is 4.91. The standard InChI is InChI=1S/C69H147N3O7P/c1-10-13-16-19-22-25-28-31-34-37-40-43-46-49-52-55-58-70(4,5)61-67(73)64-77-80(76,78-65-68(74)62-71(6,7)59-56-53-50-47-44-41-38-35-32-29-26-23-20-17-14-11-2)79-66-69(75)63-72(8,9)60-57-54-51-48-45-42-39-36-33-30-27-24-21-18-15-12-3/h67-69,73-75H,10-66H2,1-9H3/q+3. The van der Waals surface area contributed by atoms with Crippen LogP contribution in [0.3, 0.4) is 0 Å². The maximum atomic E-state index is 14.3. The van der Waals surface area contributed by atoms with Crippen LogP contribution in [0.2, 0.25) is 0 Å². The molecule has 0 aliphatic carbocycles. The Morgan fingerprint density at radius 1 is 0.263 bits per heavy atom. The van der Waals surface area contributed by atoms with Gasteiger partial charge in [0.25, 0.3) is 0 Å². The van der Waals surface area contributed by atoms with E-state index in [4.69, 9.17) is 13.6 Å². The molecule has 482 valence electrons. The Morgan fingerprint density at radius 3 is 0.550 bits per heavy atom. The molecule has 0 aliphatic rings. The summed E-state index contributed by atoms with van der Waals surface area (Å²) in [6.45, 7) is 10.4. The number of aliphatic hydroxyl groups excluding tert-OH is 3. The fourth-order valence-electron chi connectivity index (χ4n) is 12.1. The van der Waals surface area contributed by atoms with Crippen LogP contribution >= 0.6 is 7.82 Å². The van der Waals surface area contributed by atoms with Gasteiger partial charge in [0.05, 0.1) is 81.7 Å². The molecule has 0 aliphatic heterocycles. The molecule has 0 aromatic carbocycles. The first kappa shape index (κ1) is 79.9. The molecule has 0 aromatic heterocycles. The van der Waals surface area contributed by atoms with Crippen LogP contribution in [-0.4, -0.2) is 148 Å². The summed E-state index contributed by atoms with van der Waals surface area (Å²) in [4.78, 5) is 0. The summed E-state index contributed by atoms with van der Waals surface area (Å²) in [6.07, 6.45) is 61.8. The maximum Gasteiger partial charge on any atom is 0.475 e. The van der Waals surface area contributed by atoms with E-state index in [0.29, 0.717) is 33.1 Å². The van der Waals surface area contributed by atoms with Crippen molar-refractivity contribution < 1.29 is 46.9 Å². The lowest BCUT2D eigenvalue weighted by Crippen LogP contribution is -2.47. The molecule has 11 heteroatoms. The highest BCUT2D eigenvalue weighted by molar-refractivity contribution is 7.48. The Kier molecular flexibility index (Phi) is 55.4. The zero-order valence-corrected chi connectivity index (χ0v) is 56.7. The Labute approximate surface area is 501 Å². The van der Waals surface area contributed by atoms with Crippen LogP contribution in [0, 0.1) is 0 Å². The van der Waals surface area contributed by atoms with Crippen LogP contribution in [-0.2, 0) is 18.1 Å². The molecular formula is C69H147N3O7P+3. The smallest absolute Gasteiger partial charge is 0.385 e. The van der Waals surface area contributed by atoms with Gasteiger partial charge in [-0.05, 0) is 38.5 Å². The minimum Gasteiger partial charge on any atom is -0.385 e. The molecule has 0 amide bonds. The van der Waals surface area contributed by atoms with Crippen LogP contribution in [0.5, 0.6) is 0 Å². The average molecular weight is 1160 g/mol. The highest BCUT2D eigenvalue weighted by atomic mass is 31.2. The predicted octanol–water partition coefficient (Wildman–Crippen LogP) is 19.2. The minimum absolute atomic E-state index is 0.217. The molecule has 80 heavy (non-hydrogen) atoms. The van der Waals surface area contributed by atoms with E-state index >= 15 is 0 Å². The number of aliphatic hydroxyl groups is 3. The number of nitrogens with zero attached hydrogens (tertiary/aromatic N) is 3. The largest absolute Gasteiger partial charge is 0.475 e. The van der Waals surface area contributed by atoms with Crippen molar-refractivity contribution in [1.29, 1.82) is 0 Å². The fourth-order valence-corrected chi connectivity index (χ4v) is 13.3. The van der Waals surface area contributed by atoms with Gasteiger partial charge in [-0.15, -0.1) is 0 Å². The summed E-state index contributed by atoms with van der Waals surface area (Å²) in [6, 6.07) is 0. The van der Waals surface area contributed by atoms with Gasteiger partial charge < -0.3 is 28.8 Å². The molecule has 0 heterocycles. The van der Waals surface area contributed by atoms with E-state index in [1.54, 1.807) is 0 Å². The molecule has 10 nitrogen and oxygen atoms in total. The van der Waals surface area contributed by atoms with Crippen LogP contribution in [0.1, 0.15) is 329 Å². The lowest BCUT2D eigenvalue weighted by Gasteiger charge is -2.33. The van der Waals surface area contributed by atoms with Crippen molar-refractivity contribution in [1.82, 2.24) is 0 Å². The monoisotopic (exact) mass is 1160 g/mol. The van der Waals surface area contributed by atoms with Crippen molar-refractivity contribution in [2.75, 3.05) is 101 Å². The number of phosphoric ester groups is 1. The molecule has 0 aromatic rings. The third kappa shape index (κ3) is 57.0. The van der Waals surface area contributed by atoms with Gasteiger partial charge in [0.15, 0.2) is 0 Å². The lowest BCUT2D eigenvalue weighted by atomic mass is 10.0. The van der Waals surface area contributed by atoms with Crippen molar-refractivity contribution in [3.05, 3.63) is 0 Å². The molecule has 3 N–H and O–H groups in total. The number of hydrogen-bond donors (Lipinski definition) is 3. The third-order valence-electron chi connectivity index (χ3n) is 17.2. The van der Waals surface area contributed by atoms with Gasteiger partial charge in [-0.25, -0.2) is 4.57 Å². The molecule has 0 saturated carbocycles. The molecule has 3 atom stereocenters. The van der Waals surface area contributed by atoms with E-state index in [2.05, 4.69) is 63.1 Å². The van der Waals surface area contributed by atoms with E-state index in [-0.39, 0.29) is 19.8 Å². The van der Waals surface area contributed by atoms with Gasteiger partial charge in [0.1, 0.15) is 37.9 Å². The van der Waals surface area contributed by atoms with Crippen molar-refractivity contribution in [2.45, 2.75) is 347 Å². The number of likely N-dealkylation sites (N-methyl/N-ethyl adjacent to an activating group) is 3. The van der Waals surface area contributed by atoms with Gasteiger partial charge in [-0.1, -0.05) is 290 Å². The van der Waals surface area contributed by atoms with Gasteiger partial charge in [0.2, 0.25) is 0 Å². The van der Waals surface area contributed by atoms with Crippen molar-refractivity contribution >= 4 is 7.82 Å². The highest BCUT2D eigenvalue weighted by Gasteiger charge is 2.34. The Bertz CT molecular complexity index is 1170. The number of phosphoric acid groups is 1. The molecule has 0 radical (unpaired) electrons. The van der Waals surface area contributed by atoms with Gasteiger partial charge in [-0.2, -0.15) is 0 Å². The topological polar surface area (TPSA) is 105 Å². The second kappa shape index (κ2) is 55.4. The summed E-state index contributed by atoms with van der Waals surface area (Å²) < 4.78 is 33.8. The number of quaternary nitrogens is 3. The average Bonchev–Trinajstić information content (AvgIpc) is 3.40. The van der Waals surface area contributed by atoms with E-state index in [1.165, 1.54) is 289 Å². The fraction of sp³-hybridized carbons (Fsp3) is 1.00. The molecule has 0 spiro atoms. The summed E-state index contributed by atoms with van der Waals surface area (Å²) in [5, 5.41) is 33.7. The summed E-state index contributed by atoms with van der Waals surface area (Å²) in [5.74, 6) is 0. The number of hydrogen-bond acceptors (Lipinski definition) is 7. The Morgan fingerprint density at radius 2 is 0.400 bits per heavy atom. The van der Waals surface area contributed by atoms with Gasteiger partial charge in [0, 0.05) is 0 Å². The second-order valence-corrected chi connectivity index (χ2v) is 29.4. The summed E-state index contributed by atoms with van der Waals surface area (Å²) in [5.41, 5.74) is 0. The van der Waals surface area contributed by atoms with Crippen LogP contribution in [0.15, 0.2) is 0 Å². The summed E-state index contributed by atoms with van der Waals surface area (Å²) >= 11 is 0. The number of rotatable bonds is 66. The molecule has 3 unspecified atom stereocenters. The van der Waals surface area contributed by atoms with Crippen LogP contribution in [0.25, 0.3) is 0 Å². The van der Waals surface area contributed by atoms with E-state index in [0.717, 1.165) is 38.9 Å². The second-order valence-electron chi connectivity index (χ2n) is 27.7. The van der Waals surface area contributed by atoms with E-state index < -0.39 is 26.1 Å². The van der Waals surface area contributed by atoms with Crippen LogP contribution in [0.4, 0.5) is 0 Å². The first-order valence-corrected chi connectivity index (χ1v) is 37.0. The van der Waals surface area contributed by atoms with E-state index in [9.17, 15) is 19.9 Å². The molecule has 0 saturated heterocycles. The van der Waals surface area contributed by atoms with Crippen molar-refractivity contribution in [3.63, 3.8) is 0 Å². The predicted molar refractivity (Wildman–Crippen MR) is 348 cm³/mol. The number of unbranched alkanes of at least 4 members (excludes halogenated alkanes) is 45. The summed E-state index contributed by atoms with van der Waals surface area (Å²) in [7, 11) is 8.55. The first-order chi connectivity index (χ1) is 38.5. The SMILES string of the molecule is CCCCCCCCCCCCCCCCCC[N+](C)(C)CC(O)COP(=O)(OCC(O)C[N+](C)(C)CCCCCCCCCCCCCCCCCC)OCC(O)C[N+](C)(C)CCCCCCCCCCCCCCCCCC. The van der Waals surface area contributed by atoms with Crippen molar-refractivity contribution in [3.8, 4) is 0 Å². The lowest BCUT2D eigenvalue weighted by molar-refractivity contribution is -0.893. The third-order valence-corrected chi connectivity index (χ3v) is 18.6. The first-order valence-electron chi connectivity index (χ1n) is 35.5.